The minimum absolute atomic E-state index is 0.760. The molecule has 0 aliphatic carbocycles. The molecule has 3 nitrogen and oxygen atoms in total. The third-order valence-corrected chi connectivity index (χ3v) is 4.05. The lowest BCUT2D eigenvalue weighted by atomic mass is 9.99. The van der Waals surface area contributed by atoms with E-state index >= 15 is 0 Å². The van der Waals surface area contributed by atoms with Crippen molar-refractivity contribution in [3.63, 3.8) is 0 Å². The van der Waals surface area contributed by atoms with Gasteiger partial charge in [-0.3, -0.25) is 4.79 Å². The van der Waals surface area contributed by atoms with Crippen LogP contribution in [-0.2, 0) is 11.2 Å². The van der Waals surface area contributed by atoms with Gasteiger partial charge in [0.05, 0.1) is 0 Å². The summed E-state index contributed by atoms with van der Waals surface area (Å²) >= 11 is 0. The van der Waals surface area contributed by atoms with Crippen LogP contribution in [0, 0.1) is 5.92 Å². The lowest BCUT2D eigenvalue weighted by Gasteiger charge is -2.28. The monoisotopic (exact) mass is 245 g/mol. The summed E-state index contributed by atoms with van der Waals surface area (Å²) in [6, 6.07) is 6.06. The minimum Gasteiger partial charge on any atom is -0.381 e. The first-order valence-corrected chi connectivity index (χ1v) is 6.77. The van der Waals surface area contributed by atoms with E-state index in [0.29, 0.717) is 0 Å². The molecule has 0 atom stereocenters. The van der Waals surface area contributed by atoms with Gasteiger partial charge in [0, 0.05) is 37.6 Å². The van der Waals surface area contributed by atoms with Crippen molar-refractivity contribution in [3.8, 4) is 0 Å². The van der Waals surface area contributed by atoms with Crippen LogP contribution in [-0.4, -0.2) is 32.6 Å². The molecule has 1 aromatic carbocycles. The Morgan fingerprint density at radius 1 is 1.33 bits per heavy atom. The molecule has 2 heterocycles. The highest BCUT2D eigenvalue weighted by molar-refractivity contribution is 5.77. The van der Waals surface area contributed by atoms with Crippen LogP contribution in [0.15, 0.2) is 18.2 Å². The standard InChI is InChI=1S/C15H19NO2/c17-11-13-1-2-15-14(9-13)3-6-16(15)10-12-4-7-18-8-5-12/h1-2,9,11-12H,3-8,10H2. The average molecular weight is 245 g/mol. The molecule has 0 radical (unpaired) electrons. The van der Waals surface area contributed by atoms with E-state index in [1.807, 2.05) is 12.1 Å². The molecule has 0 unspecified atom stereocenters. The third kappa shape index (κ3) is 2.27. The molecular formula is C15H19NO2. The number of carbonyl (C=O) groups is 1. The quantitative estimate of drug-likeness (QED) is 0.765. The van der Waals surface area contributed by atoms with Gasteiger partial charge in [0.15, 0.2) is 0 Å². The summed E-state index contributed by atoms with van der Waals surface area (Å²) in [6.45, 7) is 4.05. The zero-order valence-corrected chi connectivity index (χ0v) is 10.6. The molecule has 3 rings (SSSR count). The van der Waals surface area contributed by atoms with Gasteiger partial charge in [-0.2, -0.15) is 0 Å². The second kappa shape index (κ2) is 5.11. The Labute approximate surface area is 108 Å². The van der Waals surface area contributed by atoms with E-state index in [9.17, 15) is 4.79 Å². The largest absolute Gasteiger partial charge is 0.381 e. The summed E-state index contributed by atoms with van der Waals surface area (Å²) in [6.07, 6.45) is 4.36. The number of aldehydes is 1. The van der Waals surface area contributed by atoms with Gasteiger partial charge in [-0.25, -0.2) is 0 Å². The van der Waals surface area contributed by atoms with Gasteiger partial charge >= 0.3 is 0 Å². The minimum atomic E-state index is 0.760. The maximum Gasteiger partial charge on any atom is 0.150 e. The lowest BCUT2D eigenvalue weighted by Crippen LogP contribution is -2.31. The van der Waals surface area contributed by atoms with Crippen molar-refractivity contribution >= 4 is 12.0 Å². The van der Waals surface area contributed by atoms with Gasteiger partial charge in [-0.15, -0.1) is 0 Å². The van der Waals surface area contributed by atoms with Crippen LogP contribution >= 0.6 is 0 Å². The first-order valence-electron chi connectivity index (χ1n) is 6.77. The van der Waals surface area contributed by atoms with E-state index in [2.05, 4.69) is 11.0 Å². The number of benzene rings is 1. The Morgan fingerprint density at radius 2 is 2.17 bits per heavy atom. The Morgan fingerprint density at radius 3 is 2.94 bits per heavy atom. The highest BCUT2D eigenvalue weighted by atomic mass is 16.5. The molecule has 2 aliphatic heterocycles. The van der Waals surface area contributed by atoms with Crippen molar-refractivity contribution in [3.05, 3.63) is 29.3 Å². The van der Waals surface area contributed by atoms with Crippen molar-refractivity contribution in [2.24, 2.45) is 5.92 Å². The summed E-state index contributed by atoms with van der Waals surface area (Å²) in [4.78, 5) is 13.2. The van der Waals surface area contributed by atoms with Crippen LogP contribution in [0.5, 0.6) is 0 Å². The first kappa shape index (κ1) is 11.7. The predicted octanol–water partition coefficient (Wildman–Crippen LogP) is 2.29. The number of carbonyl (C=O) groups excluding carboxylic acids is 1. The van der Waals surface area contributed by atoms with Crippen LogP contribution in [0.2, 0.25) is 0 Å². The van der Waals surface area contributed by atoms with Crippen molar-refractivity contribution in [2.75, 3.05) is 31.2 Å². The number of hydrogen-bond acceptors (Lipinski definition) is 3. The number of nitrogens with zero attached hydrogens (tertiary/aromatic N) is 1. The summed E-state index contributed by atoms with van der Waals surface area (Å²) in [5, 5.41) is 0. The molecule has 0 aromatic heterocycles. The van der Waals surface area contributed by atoms with E-state index in [1.165, 1.54) is 24.1 Å². The van der Waals surface area contributed by atoms with E-state index in [4.69, 9.17) is 4.74 Å². The van der Waals surface area contributed by atoms with E-state index < -0.39 is 0 Å². The molecule has 0 spiro atoms. The molecule has 0 bridgehead atoms. The van der Waals surface area contributed by atoms with Gasteiger partial charge in [0.25, 0.3) is 0 Å². The van der Waals surface area contributed by atoms with E-state index in [0.717, 1.165) is 50.5 Å². The molecular weight excluding hydrogens is 226 g/mol. The van der Waals surface area contributed by atoms with Crippen molar-refractivity contribution < 1.29 is 9.53 Å². The van der Waals surface area contributed by atoms with Crippen LogP contribution in [0.25, 0.3) is 0 Å². The Kier molecular flexibility index (Phi) is 3.33. The number of anilines is 1. The molecule has 18 heavy (non-hydrogen) atoms. The lowest BCUT2D eigenvalue weighted by molar-refractivity contribution is 0.0683. The zero-order chi connectivity index (χ0) is 12.4. The Bertz CT molecular complexity index is 438. The predicted molar refractivity (Wildman–Crippen MR) is 71.3 cm³/mol. The fourth-order valence-electron chi connectivity index (χ4n) is 2.99. The SMILES string of the molecule is O=Cc1ccc2c(c1)CCN2CC1CCOCC1. The summed E-state index contributed by atoms with van der Waals surface area (Å²) in [5.74, 6) is 0.760. The number of fused-ring (bicyclic) bond motifs is 1. The van der Waals surface area contributed by atoms with Gasteiger partial charge in [-0.05, 0) is 48.9 Å². The molecule has 3 heteroatoms. The molecule has 1 fully saturated rings. The Hall–Kier alpha value is -1.35. The van der Waals surface area contributed by atoms with Gasteiger partial charge in [0.1, 0.15) is 6.29 Å². The second-order valence-electron chi connectivity index (χ2n) is 5.26. The fourth-order valence-corrected chi connectivity index (χ4v) is 2.99. The van der Waals surface area contributed by atoms with Gasteiger partial charge < -0.3 is 9.64 Å². The highest BCUT2D eigenvalue weighted by Gasteiger charge is 2.23. The average Bonchev–Trinajstić information content (AvgIpc) is 2.82. The number of rotatable bonds is 3. The maximum absolute atomic E-state index is 10.8. The molecule has 0 N–H and O–H groups in total. The zero-order valence-electron chi connectivity index (χ0n) is 10.6. The number of hydrogen-bond donors (Lipinski definition) is 0. The highest BCUT2D eigenvalue weighted by Crippen LogP contribution is 2.30. The van der Waals surface area contributed by atoms with Gasteiger partial charge in [0.2, 0.25) is 0 Å². The summed E-state index contributed by atoms with van der Waals surface area (Å²) in [7, 11) is 0. The Balaban J connectivity index is 1.71. The summed E-state index contributed by atoms with van der Waals surface area (Å²) < 4.78 is 5.41. The summed E-state index contributed by atoms with van der Waals surface area (Å²) in [5.41, 5.74) is 3.44. The normalized spacial score (nSPS) is 19.9. The van der Waals surface area contributed by atoms with Gasteiger partial charge in [-0.1, -0.05) is 0 Å². The van der Waals surface area contributed by atoms with E-state index in [-0.39, 0.29) is 0 Å². The molecule has 0 amide bonds. The smallest absolute Gasteiger partial charge is 0.150 e. The fraction of sp³-hybridized carbons (Fsp3) is 0.533. The van der Waals surface area contributed by atoms with E-state index in [1.54, 1.807) is 0 Å². The molecule has 96 valence electrons. The molecule has 1 saturated heterocycles. The third-order valence-electron chi connectivity index (χ3n) is 4.05. The second-order valence-corrected chi connectivity index (χ2v) is 5.26. The molecule has 2 aliphatic rings. The van der Waals surface area contributed by atoms with Crippen LogP contribution in [0.4, 0.5) is 5.69 Å². The first-order chi connectivity index (χ1) is 8.86. The van der Waals surface area contributed by atoms with Crippen LogP contribution in [0.3, 0.4) is 0 Å². The van der Waals surface area contributed by atoms with Crippen molar-refractivity contribution in [2.45, 2.75) is 19.3 Å². The van der Waals surface area contributed by atoms with Crippen LogP contribution < -0.4 is 4.90 Å². The van der Waals surface area contributed by atoms with Crippen molar-refractivity contribution in [1.29, 1.82) is 0 Å². The topological polar surface area (TPSA) is 29.5 Å². The number of ether oxygens (including phenoxy) is 1. The van der Waals surface area contributed by atoms with Crippen molar-refractivity contribution in [1.82, 2.24) is 0 Å². The molecule has 1 aromatic rings. The molecule has 0 saturated carbocycles. The van der Waals surface area contributed by atoms with Crippen LogP contribution in [0.1, 0.15) is 28.8 Å². The maximum atomic E-state index is 10.8.